The van der Waals surface area contributed by atoms with Crippen molar-refractivity contribution in [3.05, 3.63) is 30.3 Å². The summed E-state index contributed by atoms with van der Waals surface area (Å²) in [6, 6.07) is 10.4. The van der Waals surface area contributed by atoms with Gasteiger partial charge < -0.3 is 0 Å². The van der Waals surface area contributed by atoms with Crippen LogP contribution in [0.4, 0.5) is 0 Å². The minimum absolute atomic E-state index is 0.235. The summed E-state index contributed by atoms with van der Waals surface area (Å²) < 4.78 is 26.3. The number of benzene rings is 1. The lowest BCUT2D eigenvalue weighted by Crippen LogP contribution is -2.33. The smallest absolute Gasteiger partial charge is 0.207 e. The molecule has 0 heterocycles. The van der Waals surface area contributed by atoms with E-state index in [2.05, 4.69) is 0 Å². The van der Waals surface area contributed by atoms with Crippen molar-refractivity contribution in [1.29, 1.82) is 5.26 Å². The van der Waals surface area contributed by atoms with Crippen molar-refractivity contribution in [2.75, 3.05) is 13.1 Å². The van der Waals surface area contributed by atoms with Crippen LogP contribution in [0.15, 0.2) is 35.2 Å². The lowest BCUT2D eigenvalue weighted by atomic mass is 10.4. The molecule has 2 rings (SSSR count). The largest absolute Gasteiger partial charge is 0.243 e. The molecule has 0 aromatic heterocycles. The molecule has 0 N–H and O–H groups in total. The maximum atomic E-state index is 12.4. The van der Waals surface area contributed by atoms with Gasteiger partial charge in [0.2, 0.25) is 10.0 Å². The predicted octanol–water partition coefficient (Wildman–Crippen LogP) is 2.00. The second-order valence-corrected chi connectivity index (χ2v) is 6.47. The van der Waals surface area contributed by atoms with Gasteiger partial charge in [-0.25, -0.2) is 8.42 Å². The van der Waals surface area contributed by atoms with E-state index < -0.39 is 10.0 Å². The number of nitrogens with zero attached hydrogens (tertiary/aromatic N) is 2. The standard InChI is InChI=1S/C13H16N2O2S/c14-9-4-10-15(11-12-7-8-12)18(16,17)13-5-2-1-3-6-13/h1-3,5-6,12H,4,7-8,10-11H2. The van der Waals surface area contributed by atoms with E-state index in [0.717, 1.165) is 12.8 Å². The van der Waals surface area contributed by atoms with E-state index in [1.165, 1.54) is 4.31 Å². The van der Waals surface area contributed by atoms with E-state index in [-0.39, 0.29) is 13.0 Å². The molecule has 1 aromatic carbocycles. The molecule has 0 bridgehead atoms. The summed E-state index contributed by atoms with van der Waals surface area (Å²) in [5, 5.41) is 8.63. The van der Waals surface area contributed by atoms with Gasteiger partial charge in [0, 0.05) is 19.5 Å². The SMILES string of the molecule is N#CCCN(CC1CC1)S(=O)(=O)c1ccccc1. The number of hydrogen-bond acceptors (Lipinski definition) is 3. The normalized spacial score (nSPS) is 15.6. The van der Waals surface area contributed by atoms with Crippen LogP contribution in [0.25, 0.3) is 0 Å². The molecule has 1 aliphatic carbocycles. The third-order valence-corrected chi connectivity index (χ3v) is 4.89. The summed E-state index contributed by atoms with van der Waals surface area (Å²) in [6.45, 7) is 0.823. The summed E-state index contributed by atoms with van der Waals surface area (Å²) in [7, 11) is -3.45. The average Bonchev–Trinajstić information content (AvgIpc) is 3.19. The highest BCUT2D eigenvalue weighted by Crippen LogP contribution is 2.31. The van der Waals surface area contributed by atoms with Gasteiger partial charge in [-0.2, -0.15) is 9.57 Å². The topological polar surface area (TPSA) is 61.2 Å². The minimum Gasteiger partial charge on any atom is -0.207 e. The van der Waals surface area contributed by atoms with E-state index in [1.807, 2.05) is 6.07 Å². The zero-order valence-electron chi connectivity index (χ0n) is 10.1. The van der Waals surface area contributed by atoms with Crippen molar-refractivity contribution in [2.24, 2.45) is 5.92 Å². The molecule has 0 aliphatic heterocycles. The molecule has 0 radical (unpaired) electrons. The number of sulfonamides is 1. The molecule has 1 aromatic rings. The fourth-order valence-electron chi connectivity index (χ4n) is 1.81. The monoisotopic (exact) mass is 264 g/mol. The van der Waals surface area contributed by atoms with Crippen LogP contribution < -0.4 is 0 Å². The van der Waals surface area contributed by atoms with Crippen LogP contribution in [0.2, 0.25) is 0 Å². The first-order valence-electron chi connectivity index (χ1n) is 6.07. The highest BCUT2D eigenvalue weighted by atomic mass is 32.2. The van der Waals surface area contributed by atoms with E-state index >= 15 is 0 Å². The van der Waals surface area contributed by atoms with Crippen molar-refractivity contribution < 1.29 is 8.42 Å². The van der Waals surface area contributed by atoms with Crippen LogP contribution in [-0.4, -0.2) is 25.8 Å². The summed E-state index contributed by atoms with van der Waals surface area (Å²) in [5.41, 5.74) is 0. The van der Waals surface area contributed by atoms with Gasteiger partial charge in [0.25, 0.3) is 0 Å². The van der Waals surface area contributed by atoms with Crippen LogP contribution in [0, 0.1) is 17.2 Å². The molecule has 0 unspecified atom stereocenters. The van der Waals surface area contributed by atoms with E-state index in [9.17, 15) is 8.42 Å². The molecule has 4 nitrogen and oxygen atoms in total. The average molecular weight is 264 g/mol. The molecule has 1 fully saturated rings. The third kappa shape index (κ3) is 3.09. The fourth-order valence-corrected chi connectivity index (χ4v) is 3.35. The first-order valence-corrected chi connectivity index (χ1v) is 7.51. The predicted molar refractivity (Wildman–Crippen MR) is 68.2 cm³/mol. The molecular weight excluding hydrogens is 248 g/mol. The highest BCUT2D eigenvalue weighted by molar-refractivity contribution is 7.89. The van der Waals surface area contributed by atoms with Gasteiger partial charge in [0.15, 0.2) is 0 Å². The van der Waals surface area contributed by atoms with Gasteiger partial charge in [-0.3, -0.25) is 0 Å². The Labute approximate surface area is 108 Å². The van der Waals surface area contributed by atoms with E-state index in [0.29, 0.717) is 17.4 Å². The number of rotatable bonds is 6. The zero-order chi connectivity index (χ0) is 13.0. The highest BCUT2D eigenvalue weighted by Gasteiger charge is 2.31. The Kier molecular flexibility index (Phi) is 4.00. The van der Waals surface area contributed by atoms with Gasteiger partial charge in [0.05, 0.1) is 11.0 Å². The van der Waals surface area contributed by atoms with Crippen LogP contribution in [0.5, 0.6) is 0 Å². The molecule has 0 atom stereocenters. The Morgan fingerprint density at radius 2 is 1.94 bits per heavy atom. The van der Waals surface area contributed by atoms with Crippen LogP contribution in [0.1, 0.15) is 19.3 Å². The second kappa shape index (κ2) is 5.51. The first kappa shape index (κ1) is 13.1. The lowest BCUT2D eigenvalue weighted by Gasteiger charge is -2.20. The Hall–Kier alpha value is -1.38. The number of nitriles is 1. The quantitative estimate of drug-likeness (QED) is 0.789. The maximum Gasteiger partial charge on any atom is 0.243 e. The van der Waals surface area contributed by atoms with Gasteiger partial charge in [0.1, 0.15) is 0 Å². The van der Waals surface area contributed by atoms with Crippen molar-refractivity contribution in [2.45, 2.75) is 24.2 Å². The third-order valence-electron chi connectivity index (χ3n) is 3.01. The molecule has 0 saturated heterocycles. The lowest BCUT2D eigenvalue weighted by molar-refractivity contribution is 0.402. The Morgan fingerprint density at radius 1 is 1.28 bits per heavy atom. The first-order chi connectivity index (χ1) is 8.64. The van der Waals surface area contributed by atoms with Crippen LogP contribution in [-0.2, 0) is 10.0 Å². The minimum atomic E-state index is -3.45. The molecule has 1 aliphatic rings. The molecule has 0 spiro atoms. The van der Waals surface area contributed by atoms with Crippen molar-refractivity contribution >= 4 is 10.0 Å². The van der Waals surface area contributed by atoms with Crippen molar-refractivity contribution in [3.8, 4) is 6.07 Å². The summed E-state index contributed by atoms with van der Waals surface area (Å²) in [4.78, 5) is 0.309. The summed E-state index contributed by atoms with van der Waals surface area (Å²) in [6.07, 6.45) is 2.42. The van der Waals surface area contributed by atoms with Gasteiger partial charge in [-0.05, 0) is 30.9 Å². The zero-order valence-corrected chi connectivity index (χ0v) is 10.9. The second-order valence-electron chi connectivity index (χ2n) is 4.53. The van der Waals surface area contributed by atoms with Crippen LogP contribution >= 0.6 is 0 Å². The molecule has 18 heavy (non-hydrogen) atoms. The maximum absolute atomic E-state index is 12.4. The van der Waals surface area contributed by atoms with Gasteiger partial charge >= 0.3 is 0 Å². The summed E-state index contributed by atoms with van der Waals surface area (Å²) in [5.74, 6) is 0.474. The fraction of sp³-hybridized carbons (Fsp3) is 0.462. The molecule has 0 amide bonds. The van der Waals surface area contributed by atoms with Crippen molar-refractivity contribution in [3.63, 3.8) is 0 Å². The molecule has 96 valence electrons. The number of hydrogen-bond donors (Lipinski definition) is 0. The van der Waals surface area contributed by atoms with Gasteiger partial charge in [-0.1, -0.05) is 18.2 Å². The molecule has 1 saturated carbocycles. The van der Waals surface area contributed by atoms with Crippen molar-refractivity contribution in [1.82, 2.24) is 4.31 Å². The van der Waals surface area contributed by atoms with Crippen LogP contribution in [0.3, 0.4) is 0 Å². The Bertz CT molecular complexity index is 530. The molecule has 5 heteroatoms. The van der Waals surface area contributed by atoms with E-state index in [4.69, 9.17) is 5.26 Å². The summed E-state index contributed by atoms with van der Waals surface area (Å²) >= 11 is 0. The van der Waals surface area contributed by atoms with Gasteiger partial charge in [-0.15, -0.1) is 0 Å². The Morgan fingerprint density at radius 3 is 2.50 bits per heavy atom. The van der Waals surface area contributed by atoms with E-state index in [1.54, 1.807) is 30.3 Å². The Balaban J connectivity index is 2.20. The molecular formula is C13H16N2O2S.